The fourth-order valence-electron chi connectivity index (χ4n) is 5.50. The zero-order valence-electron chi connectivity index (χ0n) is 16.2. The molecule has 3 aliphatic rings. The van der Waals surface area contributed by atoms with E-state index >= 15 is 0 Å². The maximum absolute atomic E-state index is 4.40. The standard InChI is InChI=1S/C22H31N5/c1-2-6-17(7-3-1)8-4-9-18-10-5-11-26(15-18)22-23-24-25-27(22)16-19-12-20-14-21(20)13-19/h1-3,6-7,18-21H,4-5,8-16H2. The highest BCUT2D eigenvalue weighted by molar-refractivity contribution is 5.29. The topological polar surface area (TPSA) is 46.8 Å². The van der Waals surface area contributed by atoms with E-state index in [-0.39, 0.29) is 0 Å². The van der Waals surface area contributed by atoms with Crippen molar-refractivity contribution in [1.29, 1.82) is 0 Å². The molecule has 2 aliphatic carbocycles. The van der Waals surface area contributed by atoms with Crippen molar-refractivity contribution in [3.63, 3.8) is 0 Å². The number of hydrogen-bond acceptors (Lipinski definition) is 4. The van der Waals surface area contributed by atoms with E-state index < -0.39 is 0 Å². The van der Waals surface area contributed by atoms with Crippen LogP contribution in [0.1, 0.15) is 50.5 Å². The Hall–Kier alpha value is -1.91. The molecule has 0 spiro atoms. The minimum absolute atomic E-state index is 0.770. The van der Waals surface area contributed by atoms with E-state index in [0.29, 0.717) is 0 Å². The number of hydrogen-bond donors (Lipinski definition) is 0. The third-order valence-corrected chi connectivity index (χ3v) is 7.01. The molecule has 1 aromatic heterocycles. The van der Waals surface area contributed by atoms with Gasteiger partial charge in [-0.2, -0.15) is 0 Å². The van der Waals surface area contributed by atoms with Crippen LogP contribution < -0.4 is 4.90 Å². The SMILES string of the molecule is c1ccc(CCCC2CCCN(c3nnnn3CC3CC4CC4C3)C2)cc1. The molecule has 2 heterocycles. The maximum Gasteiger partial charge on any atom is 0.245 e. The third kappa shape index (κ3) is 4.02. The van der Waals surface area contributed by atoms with Crippen molar-refractivity contribution < 1.29 is 0 Å². The molecular weight excluding hydrogens is 334 g/mol. The van der Waals surface area contributed by atoms with E-state index in [1.807, 2.05) is 0 Å². The van der Waals surface area contributed by atoms with E-state index in [1.165, 1.54) is 56.9 Å². The van der Waals surface area contributed by atoms with E-state index in [4.69, 9.17) is 0 Å². The summed E-state index contributed by atoms with van der Waals surface area (Å²) in [4.78, 5) is 2.45. The Kier molecular flexibility index (Phi) is 4.85. The second-order valence-electron chi connectivity index (χ2n) is 9.09. The van der Waals surface area contributed by atoms with Gasteiger partial charge in [-0.25, -0.2) is 4.68 Å². The average Bonchev–Trinajstić information content (AvgIpc) is 3.09. The molecule has 2 saturated carbocycles. The molecular formula is C22H31N5. The van der Waals surface area contributed by atoms with E-state index in [0.717, 1.165) is 49.3 Å². The van der Waals surface area contributed by atoms with Gasteiger partial charge in [-0.15, -0.1) is 0 Å². The van der Waals surface area contributed by atoms with Crippen LogP contribution in [0, 0.1) is 23.7 Å². The number of anilines is 1. The Morgan fingerprint density at radius 1 is 1.00 bits per heavy atom. The van der Waals surface area contributed by atoms with Gasteiger partial charge in [0, 0.05) is 19.6 Å². The van der Waals surface area contributed by atoms with Crippen LogP contribution in [-0.2, 0) is 13.0 Å². The Bertz CT molecular complexity index is 732. The number of nitrogens with zero attached hydrogens (tertiary/aromatic N) is 5. The fraction of sp³-hybridized carbons (Fsp3) is 0.682. The first kappa shape index (κ1) is 17.2. The molecule has 2 aromatic rings. The zero-order valence-corrected chi connectivity index (χ0v) is 16.2. The van der Waals surface area contributed by atoms with Crippen molar-refractivity contribution in [3.05, 3.63) is 35.9 Å². The predicted octanol–water partition coefficient (Wildman–Crippen LogP) is 3.96. The normalized spacial score (nSPS) is 29.7. The Balaban J connectivity index is 1.14. The molecule has 0 radical (unpaired) electrons. The van der Waals surface area contributed by atoms with Crippen LogP contribution >= 0.6 is 0 Å². The molecule has 3 fully saturated rings. The lowest BCUT2D eigenvalue weighted by atomic mass is 9.92. The number of benzene rings is 1. The van der Waals surface area contributed by atoms with Gasteiger partial charge in [-0.05, 0) is 91.0 Å². The smallest absolute Gasteiger partial charge is 0.245 e. The highest BCUT2D eigenvalue weighted by Crippen LogP contribution is 2.54. The summed E-state index contributed by atoms with van der Waals surface area (Å²) in [5.41, 5.74) is 1.46. The Morgan fingerprint density at radius 3 is 2.70 bits per heavy atom. The summed E-state index contributed by atoms with van der Waals surface area (Å²) in [6.45, 7) is 3.24. The summed E-state index contributed by atoms with van der Waals surface area (Å²) in [6, 6.07) is 10.9. The molecule has 3 atom stereocenters. The van der Waals surface area contributed by atoms with Gasteiger partial charge < -0.3 is 4.90 Å². The second-order valence-corrected chi connectivity index (χ2v) is 9.09. The minimum Gasteiger partial charge on any atom is -0.339 e. The summed E-state index contributed by atoms with van der Waals surface area (Å²) in [6.07, 6.45) is 10.7. The second kappa shape index (κ2) is 7.61. The van der Waals surface area contributed by atoms with Crippen LogP contribution in [0.4, 0.5) is 5.95 Å². The van der Waals surface area contributed by atoms with E-state index in [9.17, 15) is 0 Å². The Morgan fingerprint density at radius 2 is 1.85 bits per heavy atom. The van der Waals surface area contributed by atoms with Gasteiger partial charge in [-0.3, -0.25) is 0 Å². The first-order valence-electron chi connectivity index (χ1n) is 10.9. The molecule has 5 heteroatoms. The molecule has 1 aliphatic heterocycles. The highest BCUT2D eigenvalue weighted by atomic mass is 15.6. The van der Waals surface area contributed by atoms with Gasteiger partial charge in [0.15, 0.2) is 0 Å². The third-order valence-electron chi connectivity index (χ3n) is 7.01. The number of rotatable bonds is 7. The van der Waals surface area contributed by atoms with Crippen LogP contribution in [0.25, 0.3) is 0 Å². The first-order chi connectivity index (χ1) is 13.3. The molecule has 0 amide bonds. The van der Waals surface area contributed by atoms with Gasteiger partial charge in [0.2, 0.25) is 5.95 Å². The predicted molar refractivity (Wildman–Crippen MR) is 106 cm³/mol. The van der Waals surface area contributed by atoms with Crippen molar-refractivity contribution in [1.82, 2.24) is 20.2 Å². The van der Waals surface area contributed by atoms with Gasteiger partial charge >= 0.3 is 0 Å². The van der Waals surface area contributed by atoms with Crippen molar-refractivity contribution in [3.8, 4) is 0 Å². The molecule has 1 aromatic carbocycles. The lowest BCUT2D eigenvalue weighted by Crippen LogP contribution is -2.37. The van der Waals surface area contributed by atoms with Crippen molar-refractivity contribution >= 4 is 5.95 Å². The van der Waals surface area contributed by atoms with Gasteiger partial charge in [0.05, 0.1) is 0 Å². The minimum atomic E-state index is 0.770. The summed E-state index contributed by atoms with van der Waals surface area (Å²) in [5, 5.41) is 12.8. The van der Waals surface area contributed by atoms with E-state index in [1.54, 1.807) is 0 Å². The van der Waals surface area contributed by atoms with Gasteiger partial charge in [0.25, 0.3) is 0 Å². The molecule has 5 nitrogen and oxygen atoms in total. The average molecular weight is 366 g/mol. The zero-order chi connectivity index (χ0) is 18.1. The van der Waals surface area contributed by atoms with Crippen LogP contribution in [0.5, 0.6) is 0 Å². The summed E-state index contributed by atoms with van der Waals surface area (Å²) < 4.78 is 2.10. The number of aryl methyl sites for hydroxylation is 1. The van der Waals surface area contributed by atoms with Gasteiger partial charge in [-0.1, -0.05) is 35.4 Å². The monoisotopic (exact) mass is 365 g/mol. The lowest BCUT2D eigenvalue weighted by Gasteiger charge is -2.33. The largest absolute Gasteiger partial charge is 0.339 e. The summed E-state index contributed by atoms with van der Waals surface area (Å²) >= 11 is 0. The van der Waals surface area contributed by atoms with Crippen molar-refractivity contribution in [2.24, 2.45) is 23.7 Å². The van der Waals surface area contributed by atoms with Crippen LogP contribution in [0.2, 0.25) is 0 Å². The van der Waals surface area contributed by atoms with Crippen LogP contribution in [0.3, 0.4) is 0 Å². The molecule has 0 bridgehead atoms. The van der Waals surface area contributed by atoms with Crippen LogP contribution in [0.15, 0.2) is 30.3 Å². The first-order valence-corrected chi connectivity index (χ1v) is 10.9. The molecule has 144 valence electrons. The molecule has 1 saturated heterocycles. The highest BCUT2D eigenvalue weighted by Gasteiger charge is 2.46. The van der Waals surface area contributed by atoms with Gasteiger partial charge in [0.1, 0.15) is 0 Å². The summed E-state index contributed by atoms with van der Waals surface area (Å²) in [5.74, 6) is 4.63. The lowest BCUT2D eigenvalue weighted by molar-refractivity contribution is 0.362. The number of aromatic nitrogens is 4. The number of piperidine rings is 1. The Labute approximate surface area is 162 Å². The molecule has 27 heavy (non-hydrogen) atoms. The fourth-order valence-corrected chi connectivity index (χ4v) is 5.50. The number of fused-ring (bicyclic) bond motifs is 1. The number of tetrazole rings is 1. The summed E-state index contributed by atoms with van der Waals surface area (Å²) in [7, 11) is 0. The van der Waals surface area contributed by atoms with Crippen molar-refractivity contribution in [2.75, 3.05) is 18.0 Å². The van der Waals surface area contributed by atoms with Crippen molar-refractivity contribution in [2.45, 2.75) is 57.9 Å². The quantitative estimate of drug-likeness (QED) is 0.745. The molecule has 3 unspecified atom stereocenters. The van der Waals surface area contributed by atoms with E-state index in [2.05, 4.69) is 55.4 Å². The molecule has 5 rings (SSSR count). The molecule has 0 N–H and O–H groups in total. The maximum atomic E-state index is 4.40. The van der Waals surface area contributed by atoms with Crippen LogP contribution in [-0.4, -0.2) is 33.3 Å².